The summed E-state index contributed by atoms with van der Waals surface area (Å²) < 4.78 is 0. The minimum Gasteiger partial charge on any atom is -0.504 e. The minimum absolute atomic E-state index is 0.104. The third-order valence-corrected chi connectivity index (χ3v) is 3.58. The molecule has 1 aromatic carbocycles. The summed E-state index contributed by atoms with van der Waals surface area (Å²) in [6, 6.07) is 6.35. The number of aromatic hydroxyl groups is 2. The Hall–Kier alpha value is -2.26. The summed E-state index contributed by atoms with van der Waals surface area (Å²) in [5.41, 5.74) is 0.104. The lowest BCUT2D eigenvalue weighted by molar-refractivity contribution is 0.0612. The van der Waals surface area contributed by atoms with Gasteiger partial charge in [0.15, 0.2) is 11.5 Å². The molecule has 2 N–H and O–H groups in total. The van der Waals surface area contributed by atoms with Crippen molar-refractivity contribution in [1.82, 2.24) is 9.80 Å². The van der Waals surface area contributed by atoms with Crippen molar-refractivity contribution in [2.75, 3.05) is 26.2 Å². The molecule has 1 aliphatic heterocycles. The number of rotatable bonds is 2. The number of nitrogens with zero attached hydrogens (tertiary/aromatic N) is 3. The number of phenols is 2. The molecule has 0 saturated carbocycles. The van der Waals surface area contributed by atoms with Crippen LogP contribution in [0.25, 0.3) is 0 Å². The predicted molar refractivity (Wildman–Crippen MR) is 72.3 cm³/mol. The molecular formula is C14H17N3O3. The number of para-hydroxylation sites is 1. The fourth-order valence-electron chi connectivity index (χ4n) is 2.27. The lowest BCUT2D eigenvalue weighted by Crippen LogP contribution is -2.51. The van der Waals surface area contributed by atoms with Crippen LogP contribution < -0.4 is 0 Å². The average Bonchev–Trinajstić information content (AvgIpc) is 2.48. The van der Waals surface area contributed by atoms with Crippen LogP contribution in [0.2, 0.25) is 0 Å². The number of nitriles is 1. The summed E-state index contributed by atoms with van der Waals surface area (Å²) >= 11 is 0. The van der Waals surface area contributed by atoms with Gasteiger partial charge in [-0.15, -0.1) is 0 Å². The van der Waals surface area contributed by atoms with Crippen LogP contribution in [-0.2, 0) is 0 Å². The summed E-state index contributed by atoms with van der Waals surface area (Å²) in [5.74, 6) is -0.986. The molecule has 0 radical (unpaired) electrons. The Morgan fingerprint density at radius 2 is 1.95 bits per heavy atom. The molecule has 1 fully saturated rings. The zero-order chi connectivity index (χ0) is 14.7. The van der Waals surface area contributed by atoms with Crippen LogP contribution in [0.4, 0.5) is 0 Å². The van der Waals surface area contributed by atoms with Crippen LogP contribution in [0.1, 0.15) is 17.3 Å². The van der Waals surface area contributed by atoms with Crippen LogP contribution in [-0.4, -0.2) is 58.1 Å². The molecule has 1 aromatic rings. The van der Waals surface area contributed by atoms with E-state index in [2.05, 4.69) is 6.07 Å². The molecule has 1 heterocycles. The van der Waals surface area contributed by atoms with Crippen molar-refractivity contribution in [3.05, 3.63) is 23.8 Å². The molecule has 6 nitrogen and oxygen atoms in total. The Morgan fingerprint density at radius 1 is 1.30 bits per heavy atom. The summed E-state index contributed by atoms with van der Waals surface area (Å²) in [7, 11) is 0. The molecule has 1 amide bonds. The van der Waals surface area contributed by atoms with Crippen molar-refractivity contribution in [2.45, 2.75) is 13.0 Å². The maximum Gasteiger partial charge on any atom is 0.257 e. The number of piperazine rings is 1. The molecular weight excluding hydrogens is 258 g/mol. The monoisotopic (exact) mass is 275 g/mol. The number of hydrogen-bond acceptors (Lipinski definition) is 5. The highest BCUT2D eigenvalue weighted by atomic mass is 16.3. The number of carbonyl (C=O) groups excluding carboxylic acids is 1. The van der Waals surface area contributed by atoms with E-state index in [4.69, 9.17) is 5.26 Å². The second-order valence-corrected chi connectivity index (χ2v) is 4.81. The van der Waals surface area contributed by atoms with Gasteiger partial charge in [0.05, 0.1) is 17.7 Å². The summed E-state index contributed by atoms with van der Waals surface area (Å²) in [4.78, 5) is 15.9. The van der Waals surface area contributed by atoms with Gasteiger partial charge in [0.25, 0.3) is 5.91 Å². The first-order chi connectivity index (χ1) is 9.54. The second kappa shape index (κ2) is 5.80. The van der Waals surface area contributed by atoms with E-state index < -0.39 is 0 Å². The normalized spacial score (nSPS) is 17.5. The van der Waals surface area contributed by atoms with Crippen LogP contribution in [0.15, 0.2) is 18.2 Å². The Labute approximate surface area is 117 Å². The lowest BCUT2D eigenvalue weighted by Gasteiger charge is -2.36. The highest BCUT2D eigenvalue weighted by Crippen LogP contribution is 2.29. The molecule has 0 bridgehead atoms. The van der Waals surface area contributed by atoms with E-state index in [9.17, 15) is 15.0 Å². The summed E-state index contributed by atoms with van der Waals surface area (Å²) in [5, 5.41) is 28.0. The first-order valence-electron chi connectivity index (χ1n) is 6.48. The van der Waals surface area contributed by atoms with E-state index in [1.54, 1.807) is 4.90 Å². The van der Waals surface area contributed by atoms with Crippen molar-refractivity contribution in [3.63, 3.8) is 0 Å². The van der Waals surface area contributed by atoms with Crippen molar-refractivity contribution in [3.8, 4) is 17.6 Å². The van der Waals surface area contributed by atoms with E-state index in [0.717, 1.165) is 0 Å². The maximum absolute atomic E-state index is 12.3. The molecule has 2 rings (SSSR count). The van der Waals surface area contributed by atoms with E-state index in [1.165, 1.54) is 18.2 Å². The van der Waals surface area contributed by atoms with Crippen molar-refractivity contribution in [1.29, 1.82) is 5.26 Å². The van der Waals surface area contributed by atoms with Gasteiger partial charge in [-0.05, 0) is 19.1 Å². The highest BCUT2D eigenvalue weighted by molar-refractivity contribution is 5.97. The molecule has 6 heteroatoms. The zero-order valence-corrected chi connectivity index (χ0v) is 11.3. The van der Waals surface area contributed by atoms with Gasteiger partial charge in [-0.3, -0.25) is 9.69 Å². The second-order valence-electron chi connectivity index (χ2n) is 4.81. The molecule has 1 unspecified atom stereocenters. The molecule has 0 spiro atoms. The molecule has 1 saturated heterocycles. The Morgan fingerprint density at radius 3 is 2.55 bits per heavy atom. The van der Waals surface area contributed by atoms with Gasteiger partial charge >= 0.3 is 0 Å². The highest BCUT2D eigenvalue weighted by Gasteiger charge is 2.26. The van der Waals surface area contributed by atoms with Crippen LogP contribution in [0.3, 0.4) is 0 Å². The molecule has 0 aliphatic carbocycles. The Kier molecular flexibility index (Phi) is 4.11. The van der Waals surface area contributed by atoms with Crippen LogP contribution >= 0.6 is 0 Å². The van der Waals surface area contributed by atoms with Crippen molar-refractivity contribution >= 4 is 5.91 Å². The Bertz CT molecular complexity index is 545. The number of carbonyl (C=O) groups is 1. The molecule has 1 atom stereocenters. The fourth-order valence-corrected chi connectivity index (χ4v) is 2.27. The van der Waals surface area contributed by atoms with E-state index in [0.29, 0.717) is 26.2 Å². The fraction of sp³-hybridized carbons (Fsp3) is 0.429. The molecule has 1 aliphatic rings. The number of benzene rings is 1. The van der Waals surface area contributed by atoms with Gasteiger partial charge in [0.1, 0.15) is 0 Å². The van der Waals surface area contributed by atoms with E-state index in [1.807, 2.05) is 11.8 Å². The smallest absolute Gasteiger partial charge is 0.257 e. The first-order valence-corrected chi connectivity index (χ1v) is 6.48. The molecule has 20 heavy (non-hydrogen) atoms. The zero-order valence-electron chi connectivity index (χ0n) is 11.3. The quantitative estimate of drug-likeness (QED) is 0.778. The van der Waals surface area contributed by atoms with Crippen LogP contribution in [0, 0.1) is 11.3 Å². The van der Waals surface area contributed by atoms with Crippen molar-refractivity contribution in [2.24, 2.45) is 0 Å². The SMILES string of the molecule is CC(C#N)N1CCN(C(=O)c2cccc(O)c2O)CC1. The third-order valence-electron chi connectivity index (χ3n) is 3.58. The van der Waals surface area contributed by atoms with E-state index in [-0.39, 0.29) is 29.0 Å². The lowest BCUT2D eigenvalue weighted by atomic mass is 10.1. The van der Waals surface area contributed by atoms with Gasteiger partial charge in [0.2, 0.25) is 0 Å². The van der Waals surface area contributed by atoms with Gasteiger partial charge < -0.3 is 15.1 Å². The van der Waals surface area contributed by atoms with Gasteiger partial charge in [-0.2, -0.15) is 5.26 Å². The first kappa shape index (κ1) is 14.2. The predicted octanol–water partition coefficient (Wildman–Crippen LogP) is 0.768. The van der Waals surface area contributed by atoms with Gasteiger partial charge in [-0.25, -0.2) is 0 Å². The topological polar surface area (TPSA) is 87.8 Å². The molecule has 0 aromatic heterocycles. The molecule has 106 valence electrons. The minimum atomic E-state index is -0.384. The largest absolute Gasteiger partial charge is 0.504 e. The summed E-state index contributed by atoms with van der Waals surface area (Å²) in [6.45, 7) is 4.08. The summed E-state index contributed by atoms with van der Waals surface area (Å²) in [6.07, 6.45) is 0. The average molecular weight is 275 g/mol. The van der Waals surface area contributed by atoms with Gasteiger partial charge in [-0.1, -0.05) is 6.07 Å². The van der Waals surface area contributed by atoms with Crippen LogP contribution in [0.5, 0.6) is 11.5 Å². The van der Waals surface area contributed by atoms with Gasteiger partial charge in [0, 0.05) is 26.2 Å². The van der Waals surface area contributed by atoms with Crippen molar-refractivity contribution < 1.29 is 15.0 Å². The number of amides is 1. The maximum atomic E-state index is 12.3. The van der Waals surface area contributed by atoms with E-state index >= 15 is 0 Å². The number of hydrogen-bond donors (Lipinski definition) is 2. The number of phenolic OH excluding ortho intramolecular Hbond substituents is 2. The standard InChI is InChI=1S/C14H17N3O3/c1-10(9-15)16-5-7-17(8-6-16)14(20)11-3-2-4-12(18)13(11)19/h2-4,10,18-19H,5-8H2,1H3. The third kappa shape index (κ3) is 2.68. The Balaban J connectivity index is 2.06.